The summed E-state index contributed by atoms with van der Waals surface area (Å²) in [5.74, 6) is -0.904. The molecule has 1 aliphatic rings. The van der Waals surface area contributed by atoms with Crippen molar-refractivity contribution in [1.82, 2.24) is 20.2 Å². The van der Waals surface area contributed by atoms with Gasteiger partial charge in [0, 0.05) is 12.6 Å². The molecule has 122 valence electrons. The molecule has 2 aromatic rings. The summed E-state index contributed by atoms with van der Waals surface area (Å²) in [4.78, 5) is 27.1. The van der Waals surface area contributed by atoms with Gasteiger partial charge in [-0.1, -0.05) is 11.6 Å². The maximum absolute atomic E-state index is 12.4. The summed E-state index contributed by atoms with van der Waals surface area (Å²) in [6.45, 7) is 0. The van der Waals surface area contributed by atoms with Crippen LogP contribution in [0.5, 0.6) is 0 Å². The highest BCUT2D eigenvalue weighted by molar-refractivity contribution is 6.30. The molecule has 2 aromatic heterocycles. The van der Waals surface area contributed by atoms with Gasteiger partial charge in [0.2, 0.25) is 0 Å². The first-order valence-corrected chi connectivity index (χ1v) is 7.04. The Morgan fingerprint density at radius 1 is 1.30 bits per heavy atom. The molecular weight excluding hydrogens is 337 g/mol. The smallest absolute Gasteiger partial charge is 0.313 e. The number of aromatic amines is 2. The summed E-state index contributed by atoms with van der Waals surface area (Å²) >= 11 is 5.92. The van der Waals surface area contributed by atoms with Crippen molar-refractivity contribution in [2.75, 3.05) is 0 Å². The van der Waals surface area contributed by atoms with Crippen molar-refractivity contribution >= 4 is 11.6 Å². The van der Waals surface area contributed by atoms with E-state index in [-0.39, 0.29) is 22.3 Å². The summed E-state index contributed by atoms with van der Waals surface area (Å²) in [5.41, 5.74) is -0.716. The quantitative estimate of drug-likeness (QED) is 0.891. The summed E-state index contributed by atoms with van der Waals surface area (Å²) < 4.78 is 37.3. The SMILES string of the molecule is O=c1[nH]cc(-c2cc([C@@H]3CC3CC(F)(F)F)c(Cl)nn2)c(=O)[nH]1. The van der Waals surface area contributed by atoms with E-state index in [0.717, 1.165) is 0 Å². The van der Waals surface area contributed by atoms with Crippen LogP contribution in [0.3, 0.4) is 0 Å². The molecule has 23 heavy (non-hydrogen) atoms. The van der Waals surface area contributed by atoms with Gasteiger partial charge in [0.25, 0.3) is 5.56 Å². The van der Waals surface area contributed by atoms with Gasteiger partial charge in [-0.25, -0.2) is 4.79 Å². The minimum Gasteiger partial charge on any atom is -0.313 e. The van der Waals surface area contributed by atoms with Gasteiger partial charge in [0.1, 0.15) is 5.69 Å². The molecule has 2 heterocycles. The molecule has 10 heteroatoms. The van der Waals surface area contributed by atoms with Crippen molar-refractivity contribution in [2.24, 2.45) is 5.92 Å². The van der Waals surface area contributed by atoms with Gasteiger partial charge in [0.05, 0.1) is 5.56 Å². The van der Waals surface area contributed by atoms with Crippen LogP contribution in [0.4, 0.5) is 13.2 Å². The normalized spacial score (nSPS) is 20.5. The second-order valence-electron chi connectivity index (χ2n) is 5.38. The molecule has 1 aliphatic carbocycles. The third-order valence-electron chi connectivity index (χ3n) is 3.69. The lowest BCUT2D eigenvalue weighted by Gasteiger charge is -2.07. The van der Waals surface area contributed by atoms with Gasteiger partial charge < -0.3 is 4.98 Å². The Kier molecular flexibility index (Phi) is 3.75. The van der Waals surface area contributed by atoms with Crippen LogP contribution in [0.15, 0.2) is 21.9 Å². The lowest BCUT2D eigenvalue weighted by molar-refractivity contribution is -0.138. The van der Waals surface area contributed by atoms with E-state index >= 15 is 0 Å². The standard InChI is InChI=1S/C13H10ClF3N4O2/c14-10-7(6-1-5(6)3-13(15,16)17)2-9(20-21-10)8-4-18-12(23)19-11(8)22/h2,4-6H,1,3H2,(H2,18,19,22,23)/t5?,6-/m1/s1. The van der Waals surface area contributed by atoms with E-state index in [4.69, 9.17) is 11.6 Å². The van der Waals surface area contributed by atoms with Crippen molar-refractivity contribution in [3.8, 4) is 11.3 Å². The molecule has 1 fully saturated rings. The van der Waals surface area contributed by atoms with Crippen molar-refractivity contribution < 1.29 is 13.2 Å². The summed E-state index contributed by atoms with van der Waals surface area (Å²) in [6.07, 6.45) is -3.59. The Hall–Kier alpha value is -2.16. The van der Waals surface area contributed by atoms with E-state index in [1.807, 2.05) is 4.98 Å². The van der Waals surface area contributed by atoms with Crippen LogP contribution < -0.4 is 11.2 Å². The molecule has 0 bridgehead atoms. The van der Waals surface area contributed by atoms with E-state index in [9.17, 15) is 22.8 Å². The largest absolute Gasteiger partial charge is 0.389 e. The fourth-order valence-corrected chi connectivity index (χ4v) is 2.77. The average Bonchev–Trinajstić information content (AvgIpc) is 3.16. The zero-order valence-electron chi connectivity index (χ0n) is 11.4. The second kappa shape index (κ2) is 5.48. The maximum atomic E-state index is 12.4. The first kappa shape index (κ1) is 15.7. The van der Waals surface area contributed by atoms with Crippen LogP contribution in [0.2, 0.25) is 5.15 Å². The summed E-state index contributed by atoms with van der Waals surface area (Å²) in [7, 11) is 0. The van der Waals surface area contributed by atoms with E-state index in [2.05, 4.69) is 15.2 Å². The predicted octanol–water partition coefficient (Wildman–Crippen LogP) is 2.23. The Bertz CT molecular complexity index is 861. The molecule has 0 spiro atoms. The van der Waals surface area contributed by atoms with Crippen LogP contribution in [0.25, 0.3) is 11.3 Å². The van der Waals surface area contributed by atoms with Crippen LogP contribution in [0, 0.1) is 5.92 Å². The number of H-pyrrole nitrogens is 2. The number of hydrogen-bond donors (Lipinski definition) is 2. The lowest BCUT2D eigenvalue weighted by Crippen LogP contribution is -2.23. The molecule has 0 aromatic carbocycles. The van der Waals surface area contributed by atoms with Gasteiger partial charge in [0.15, 0.2) is 5.15 Å². The fraction of sp³-hybridized carbons (Fsp3) is 0.385. The van der Waals surface area contributed by atoms with Crippen LogP contribution in [-0.2, 0) is 0 Å². The van der Waals surface area contributed by atoms with E-state index in [1.54, 1.807) is 0 Å². The third-order valence-corrected chi connectivity index (χ3v) is 3.98. The van der Waals surface area contributed by atoms with E-state index < -0.39 is 29.8 Å². The number of halogens is 4. The number of nitrogens with zero attached hydrogens (tertiary/aromatic N) is 2. The Morgan fingerprint density at radius 3 is 2.70 bits per heavy atom. The predicted molar refractivity (Wildman–Crippen MR) is 75.2 cm³/mol. The van der Waals surface area contributed by atoms with Gasteiger partial charge in [-0.2, -0.15) is 13.2 Å². The highest BCUT2D eigenvalue weighted by atomic mass is 35.5. The number of aromatic nitrogens is 4. The van der Waals surface area contributed by atoms with Gasteiger partial charge >= 0.3 is 11.9 Å². The summed E-state index contributed by atoms with van der Waals surface area (Å²) in [6, 6.07) is 1.44. The Balaban J connectivity index is 1.92. The minimum atomic E-state index is -4.23. The zero-order valence-corrected chi connectivity index (χ0v) is 12.2. The maximum Gasteiger partial charge on any atom is 0.389 e. The van der Waals surface area contributed by atoms with Crippen LogP contribution >= 0.6 is 11.6 Å². The highest BCUT2D eigenvalue weighted by Crippen LogP contribution is 2.54. The molecular formula is C13H10ClF3N4O2. The average molecular weight is 347 g/mol. The van der Waals surface area contributed by atoms with Crippen molar-refractivity contribution in [3.05, 3.63) is 43.8 Å². The topological polar surface area (TPSA) is 91.5 Å². The number of nitrogens with one attached hydrogen (secondary N) is 2. The molecule has 3 rings (SSSR count). The number of rotatable bonds is 3. The van der Waals surface area contributed by atoms with Gasteiger partial charge in [-0.3, -0.25) is 9.78 Å². The van der Waals surface area contributed by atoms with Crippen LogP contribution in [0.1, 0.15) is 24.3 Å². The molecule has 6 nitrogen and oxygen atoms in total. The second-order valence-corrected chi connectivity index (χ2v) is 5.74. The Morgan fingerprint density at radius 2 is 2.04 bits per heavy atom. The highest BCUT2D eigenvalue weighted by Gasteiger charge is 2.46. The molecule has 0 amide bonds. The van der Waals surface area contributed by atoms with Gasteiger partial charge in [-0.15, -0.1) is 10.2 Å². The van der Waals surface area contributed by atoms with Gasteiger partial charge in [-0.05, 0) is 29.9 Å². The molecule has 1 unspecified atom stereocenters. The lowest BCUT2D eigenvalue weighted by atomic mass is 10.1. The molecule has 2 atom stereocenters. The number of hydrogen-bond acceptors (Lipinski definition) is 4. The summed E-state index contributed by atoms with van der Waals surface area (Å²) in [5, 5.41) is 7.48. The first-order chi connectivity index (χ1) is 10.7. The third kappa shape index (κ3) is 3.44. The molecule has 0 saturated heterocycles. The fourth-order valence-electron chi connectivity index (χ4n) is 2.53. The number of alkyl halides is 3. The molecule has 0 aliphatic heterocycles. The minimum absolute atomic E-state index is 0.0178. The van der Waals surface area contributed by atoms with E-state index in [1.165, 1.54) is 12.3 Å². The van der Waals surface area contributed by atoms with Crippen molar-refractivity contribution in [1.29, 1.82) is 0 Å². The van der Waals surface area contributed by atoms with Crippen LogP contribution in [-0.4, -0.2) is 26.3 Å². The molecule has 0 radical (unpaired) electrons. The molecule has 1 saturated carbocycles. The van der Waals surface area contributed by atoms with E-state index in [0.29, 0.717) is 12.0 Å². The molecule has 2 N–H and O–H groups in total. The van der Waals surface area contributed by atoms with Crippen molar-refractivity contribution in [3.63, 3.8) is 0 Å². The first-order valence-electron chi connectivity index (χ1n) is 6.67. The Labute approximate surface area is 131 Å². The monoisotopic (exact) mass is 346 g/mol. The van der Waals surface area contributed by atoms with Crippen molar-refractivity contribution in [2.45, 2.75) is 24.9 Å². The zero-order chi connectivity index (χ0) is 16.8.